The number of ether oxygens (including phenoxy) is 1. The number of methoxy groups -OCH3 is 1. The zero-order chi connectivity index (χ0) is 14.5. The minimum Gasteiger partial charge on any atom is -0.480 e. The molecule has 0 spiro atoms. The Morgan fingerprint density at radius 2 is 1.81 bits per heavy atom. The molecule has 6 heteroatoms. The second-order valence-electron chi connectivity index (χ2n) is 5.04. The summed E-state index contributed by atoms with van der Waals surface area (Å²) in [7, 11) is 1.61. The second-order valence-corrected chi connectivity index (χ2v) is 5.04. The van der Waals surface area contributed by atoms with Crippen LogP contribution < -0.4 is 9.64 Å². The normalized spacial score (nSPS) is 16.0. The van der Waals surface area contributed by atoms with Crippen molar-refractivity contribution < 1.29 is 4.74 Å². The molecule has 0 unspecified atom stereocenters. The lowest BCUT2D eigenvalue weighted by atomic mass is 10.2. The Morgan fingerprint density at radius 1 is 1.05 bits per heavy atom. The lowest BCUT2D eigenvalue weighted by Crippen LogP contribution is -2.46. The Hall–Kier alpha value is -2.21. The Bertz CT molecular complexity index is 569. The lowest BCUT2D eigenvalue weighted by molar-refractivity contribution is 0.249. The standard InChI is InChI=1S/C15H19N5O/c1-21-15-11-17-10-14(18-15)20-8-6-19(7-9-20)12-13-2-4-16-5-3-13/h2-5,10-11H,6-9,12H2,1H3. The number of anilines is 1. The highest BCUT2D eigenvalue weighted by molar-refractivity contribution is 5.38. The highest BCUT2D eigenvalue weighted by Crippen LogP contribution is 2.16. The molecule has 1 saturated heterocycles. The molecule has 0 saturated carbocycles. The smallest absolute Gasteiger partial charge is 0.233 e. The quantitative estimate of drug-likeness (QED) is 0.841. The van der Waals surface area contributed by atoms with Gasteiger partial charge in [0, 0.05) is 45.1 Å². The SMILES string of the molecule is COc1cncc(N2CCN(Cc3ccncc3)CC2)n1. The van der Waals surface area contributed by atoms with Crippen LogP contribution in [0.15, 0.2) is 36.9 Å². The molecule has 0 N–H and O–H groups in total. The van der Waals surface area contributed by atoms with E-state index in [1.165, 1.54) is 5.56 Å². The highest BCUT2D eigenvalue weighted by Gasteiger charge is 2.18. The molecule has 2 aromatic rings. The number of hydrogen-bond donors (Lipinski definition) is 0. The van der Waals surface area contributed by atoms with E-state index in [-0.39, 0.29) is 0 Å². The van der Waals surface area contributed by atoms with Gasteiger partial charge in [-0.05, 0) is 17.7 Å². The van der Waals surface area contributed by atoms with Gasteiger partial charge in [0.1, 0.15) is 0 Å². The van der Waals surface area contributed by atoms with Crippen molar-refractivity contribution >= 4 is 5.82 Å². The first-order chi connectivity index (χ1) is 10.3. The summed E-state index contributed by atoms with van der Waals surface area (Å²) in [4.78, 5) is 17.4. The van der Waals surface area contributed by atoms with Gasteiger partial charge in [0.25, 0.3) is 0 Å². The summed E-state index contributed by atoms with van der Waals surface area (Å²) in [6, 6.07) is 4.14. The van der Waals surface area contributed by atoms with Crippen molar-refractivity contribution in [2.75, 3.05) is 38.2 Å². The third kappa shape index (κ3) is 3.46. The number of pyridine rings is 1. The van der Waals surface area contributed by atoms with Crippen LogP contribution in [0.2, 0.25) is 0 Å². The molecule has 3 rings (SSSR count). The van der Waals surface area contributed by atoms with Crippen molar-refractivity contribution in [1.82, 2.24) is 19.9 Å². The number of nitrogens with zero attached hydrogens (tertiary/aromatic N) is 5. The summed E-state index contributed by atoms with van der Waals surface area (Å²) in [5, 5.41) is 0. The highest BCUT2D eigenvalue weighted by atomic mass is 16.5. The average Bonchev–Trinajstić information content (AvgIpc) is 2.56. The molecule has 0 aliphatic carbocycles. The summed E-state index contributed by atoms with van der Waals surface area (Å²) in [6.07, 6.45) is 7.11. The Morgan fingerprint density at radius 3 is 2.52 bits per heavy atom. The first-order valence-corrected chi connectivity index (χ1v) is 7.07. The molecule has 2 aromatic heterocycles. The molecule has 21 heavy (non-hydrogen) atoms. The van der Waals surface area contributed by atoms with Crippen LogP contribution in [0.25, 0.3) is 0 Å². The van der Waals surface area contributed by atoms with Crippen LogP contribution in [0, 0.1) is 0 Å². The molecular formula is C15H19N5O. The number of piperazine rings is 1. The molecule has 3 heterocycles. The van der Waals surface area contributed by atoms with Gasteiger partial charge in [0.2, 0.25) is 5.88 Å². The fourth-order valence-corrected chi connectivity index (χ4v) is 2.47. The Balaban J connectivity index is 1.57. The predicted octanol–water partition coefficient (Wildman–Crippen LogP) is 1.20. The first kappa shape index (κ1) is 13.8. The topological polar surface area (TPSA) is 54.4 Å². The summed E-state index contributed by atoms with van der Waals surface area (Å²) in [5.41, 5.74) is 1.31. The maximum Gasteiger partial charge on any atom is 0.233 e. The van der Waals surface area contributed by atoms with E-state index in [4.69, 9.17) is 4.74 Å². The van der Waals surface area contributed by atoms with Gasteiger partial charge < -0.3 is 9.64 Å². The largest absolute Gasteiger partial charge is 0.480 e. The summed E-state index contributed by atoms with van der Waals surface area (Å²) in [5.74, 6) is 1.45. The molecule has 0 aromatic carbocycles. The van der Waals surface area contributed by atoms with Gasteiger partial charge in [0.05, 0.1) is 19.5 Å². The minimum atomic E-state index is 0.562. The molecule has 1 aliphatic rings. The minimum absolute atomic E-state index is 0.562. The van der Waals surface area contributed by atoms with Gasteiger partial charge in [0.15, 0.2) is 5.82 Å². The third-order valence-corrected chi connectivity index (χ3v) is 3.66. The zero-order valence-corrected chi connectivity index (χ0v) is 12.1. The molecule has 110 valence electrons. The van der Waals surface area contributed by atoms with Crippen LogP contribution in [-0.2, 0) is 6.54 Å². The van der Waals surface area contributed by atoms with Crippen molar-refractivity contribution in [1.29, 1.82) is 0 Å². The van der Waals surface area contributed by atoms with E-state index in [0.29, 0.717) is 5.88 Å². The summed E-state index contributed by atoms with van der Waals surface area (Å²) < 4.78 is 5.13. The van der Waals surface area contributed by atoms with Gasteiger partial charge in [-0.1, -0.05) is 0 Å². The molecule has 0 atom stereocenters. The summed E-state index contributed by atoms with van der Waals surface area (Å²) in [6.45, 7) is 4.91. The second kappa shape index (κ2) is 6.49. The van der Waals surface area contributed by atoms with Crippen LogP contribution in [0.5, 0.6) is 5.88 Å². The number of aromatic nitrogens is 3. The Labute approximate surface area is 124 Å². The lowest BCUT2D eigenvalue weighted by Gasteiger charge is -2.35. The van der Waals surface area contributed by atoms with Gasteiger partial charge in [-0.15, -0.1) is 0 Å². The van der Waals surface area contributed by atoms with Crippen molar-refractivity contribution in [2.45, 2.75) is 6.54 Å². The van der Waals surface area contributed by atoms with Crippen molar-refractivity contribution in [3.8, 4) is 5.88 Å². The van der Waals surface area contributed by atoms with E-state index in [2.05, 4.69) is 36.9 Å². The van der Waals surface area contributed by atoms with E-state index in [0.717, 1.165) is 38.5 Å². The predicted molar refractivity (Wildman–Crippen MR) is 80.3 cm³/mol. The van der Waals surface area contributed by atoms with E-state index in [9.17, 15) is 0 Å². The van der Waals surface area contributed by atoms with Gasteiger partial charge in [-0.25, -0.2) is 0 Å². The van der Waals surface area contributed by atoms with E-state index >= 15 is 0 Å². The molecule has 1 fully saturated rings. The molecular weight excluding hydrogens is 266 g/mol. The van der Waals surface area contributed by atoms with Gasteiger partial charge >= 0.3 is 0 Å². The molecule has 0 amide bonds. The molecule has 0 radical (unpaired) electrons. The molecule has 0 bridgehead atoms. The molecule has 6 nitrogen and oxygen atoms in total. The van der Waals surface area contributed by atoms with Crippen molar-refractivity contribution in [3.63, 3.8) is 0 Å². The zero-order valence-electron chi connectivity index (χ0n) is 12.1. The van der Waals surface area contributed by atoms with Gasteiger partial charge in [-0.3, -0.25) is 14.9 Å². The monoisotopic (exact) mass is 285 g/mol. The number of rotatable bonds is 4. The van der Waals surface area contributed by atoms with Gasteiger partial charge in [-0.2, -0.15) is 4.98 Å². The van der Waals surface area contributed by atoms with Crippen LogP contribution >= 0.6 is 0 Å². The van der Waals surface area contributed by atoms with Crippen LogP contribution in [0.3, 0.4) is 0 Å². The third-order valence-electron chi connectivity index (χ3n) is 3.66. The Kier molecular flexibility index (Phi) is 4.25. The fourth-order valence-electron chi connectivity index (χ4n) is 2.47. The van der Waals surface area contributed by atoms with E-state index < -0.39 is 0 Å². The van der Waals surface area contributed by atoms with Crippen LogP contribution in [-0.4, -0.2) is 53.1 Å². The fraction of sp³-hybridized carbons (Fsp3) is 0.400. The summed E-state index contributed by atoms with van der Waals surface area (Å²) >= 11 is 0. The van der Waals surface area contributed by atoms with Crippen molar-refractivity contribution in [2.24, 2.45) is 0 Å². The van der Waals surface area contributed by atoms with Crippen LogP contribution in [0.4, 0.5) is 5.82 Å². The van der Waals surface area contributed by atoms with E-state index in [1.54, 1.807) is 19.5 Å². The maximum atomic E-state index is 5.13. The van der Waals surface area contributed by atoms with E-state index in [1.807, 2.05) is 12.4 Å². The maximum absolute atomic E-state index is 5.13. The van der Waals surface area contributed by atoms with Crippen molar-refractivity contribution in [3.05, 3.63) is 42.5 Å². The number of hydrogen-bond acceptors (Lipinski definition) is 6. The first-order valence-electron chi connectivity index (χ1n) is 7.07. The average molecular weight is 285 g/mol. The molecule has 1 aliphatic heterocycles. The van der Waals surface area contributed by atoms with Crippen LogP contribution in [0.1, 0.15) is 5.56 Å².